The SMILES string of the molecule is CN(C)c1ccc(-c2cc(/C=C/C3=C(Cl)C(=C/C=C(\C=C/O)c4ccc(N(C)C)cc4-c4ccc(N(C)C)cc4)/CCC3)c3ccc(N(C)C)cc3c2)cc1. The molecule has 0 fully saturated rings. The summed E-state index contributed by atoms with van der Waals surface area (Å²) in [5, 5.41) is 13.2. The molecular weight excluding hydrogens is 696 g/mol. The van der Waals surface area contributed by atoms with Gasteiger partial charge in [0.25, 0.3) is 0 Å². The first-order valence-corrected chi connectivity index (χ1v) is 19.2. The summed E-state index contributed by atoms with van der Waals surface area (Å²) in [5.41, 5.74) is 14.5. The minimum atomic E-state index is 0.795. The van der Waals surface area contributed by atoms with Crippen LogP contribution in [0.15, 0.2) is 144 Å². The summed E-state index contributed by atoms with van der Waals surface area (Å²) in [6, 6.07) is 35.1. The standard InChI is InChI=1S/C49H53ClN4O/c1-51(2)42-20-16-34(17-21-42)40-30-39(46-26-24-44(53(5)6)32-41(46)31-40)15-14-38-11-9-10-37(49(38)50)13-12-36(28-29-55)47-27-25-45(54(7)8)33-48(47)35-18-22-43(23-19-35)52(3)4/h12-33,55H,9-11H2,1-8H3/b15-14+,29-28-,36-12+,37-13+. The molecule has 0 spiro atoms. The zero-order valence-electron chi connectivity index (χ0n) is 33.4. The molecule has 55 heavy (non-hydrogen) atoms. The zero-order valence-corrected chi connectivity index (χ0v) is 34.2. The van der Waals surface area contributed by atoms with Crippen LogP contribution in [0.25, 0.3) is 44.7 Å². The van der Waals surface area contributed by atoms with E-state index in [1.54, 1.807) is 6.08 Å². The fourth-order valence-electron chi connectivity index (χ4n) is 7.07. The van der Waals surface area contributed by atoms with Gasteiger partial charge in [-0.3, -0.25) is 0 Å². The fourth-order valence-corrected chi connectivity index (χ4v) is 7.38. The third-order valence-corrected chi connectivity index (χ3v) is 10.9. The van der Waals surface area contributed by atoms with E-state index in [-0.39, 0.29) is 0 Å². The van der Waals surface area contributed by atoms with Gasteiger partial charge in [-0.25, -0.2) is 0 Å². The highest BCUT2D eigenvalue weighted by molar-refractivity contribution is 6.32. The lowest BCUT2D eigenvalue weighted by atomic mass is 9.91. The number of halogens is 1. The maximum Gasteiger partial charge on any atom is 0.0797 e. The molecule has 0 saturated carbocycles. The van der Waals surface area contributed by atoms with Crippen molar-refractivity contribution in [3.05, 3.63) is 155 Å². The van der Waals surface area contributed by atoms with Gasteiger partial charge in [-0.15, -0.1) is 0 Å². The molecule has 6 rings (SSSR count). The van der Waals surface area contributed by atoms with E-state index in [1.807, 2.05) is 14.1 Å². The van der Waals surface area contributed by atoms with E-state index in [4.69, 9.17) is 11.6 Å². The number of hydrogen-bond donors (Lipinski definition) is 1. The molecule has 0 radical (unpaired) electrons. The summed E-state index contributed by atoms with van der Waals surface area (Å²) in [6.45, 7) is 0. The van der Waals surface area contributed by atoms with Crippen molar-refractivity contribution in [3.8, 4) is 22.3 Å². The zero-order chi connectivity index (χ0) is 39.2. The lowest BCUT2D eigenvalue weighted by Crippen LogP contribution is -2.09. The molecule has 0 aliphatic heterocycles. The molecular formula is C49H53ClN4O. The van der Waals surface area contributed by atoms with Crippen LogP contribution in [-0.4, -0.2) is 61.5 Å². The van der Waals surface area contributed by atoms with Gasteiger partial charge in [-0.05, 0) is 147 Å². The Kier molecular flexibility index (Phi) is 12.2. The Labute approximate surface area is 333 Å². The molecule has 6 heteroatoms. The molecule has 5 aromatic rings. The quantitative estimate of drug-likeness (QED) is 0.107. The van der Waals surface area contributed by atoms with Gasteiger partial charge in [0, 0.05) is 84.2 Å². The van der Waals surface area contributed by atoms with Crippen molar-refractivity contribution in [1.82, 2.24) is 0 Å². The molecule has 1 N–H and O–H groups in total. The summed E-state index contributed by atoms with van der Waals surface area (Å²) in [7, 11) is 16.5. The highest BCUT2D eigenvalue weighted by Crippen LogP contribution is 2.38. The lowest BCUT2D eigenvalue weighted by molar-refractivity contribution is 0.474. The summed E-state index contributed by atoms with van der Waals surface area (Å²) >= 11 is 7.23. The second-order valence-electron chi connectivity index (χ2n) is 15.0. The largest absolute Gasteiger partial charge is 0.516 e. The molecule has 0 atom stereocenters. The van der Waals surface area contributed by atoms with E-state index in [2.05, 4.69) is 183 Å². The summed E-state index contributed by atoms with van der Waals surface area (Å²) in [5.74, 6) is 0. The first-order chi connectivity index (χ1) is 26.4. The van der Waals surface area contributed by atoms with Gasteiger partial charge in [0.05, 0.1) is 6.26 Å². The Balaban J connectivity index is 1.38. The van der Waals surface area contributed by atoms with E-state index in [0.717, 1.165) is 80.9 Å². The highest BCUT2D eigenvalue weighted by atomic mass is 35.5. The smallest absolute Gasteiger partial charge is 0.0797 e. The second kappa shape index (κ2) is 17.2. The molecule has 0 unspecified atom stereocenters. The van der Waals surface area contributed by atoms with Crippen LogP contribution < -0.4 is 19.6 Å². The van der Waals surface area contributed by atoms with Gasteiger partial charge >= 0.3 is 0 Å². The first-order valence-electron chi connectivity index (χ1n) is 18.8. The predicted molar refractivity (Wildman–Crippen MR) is 242 cm³/mol. The third-order valence-electron chi connectivity index (χ3n) is 10.4. The summed E-state index contributed by atoms with van der Waals surface area (Å²) in [4.78, 5) is 8.48. The van der Waals surface area contributed by atoms with Crippen LogP contribution >= 0.6 is 11.6 Å². The third kappa shape index (κ3) is 9.01. The van der Waals surface area contributed by atoms with Crippen molar-refractivity contribution in [2.75, 3.05) is 76.0 Å². The number of anilines is 4. The van der Waals surface area contributed by atoms with Crippen LogP contribution in [0.2, 0.25) is 0 Å². The van der Waals surface area contributed by atoms with Crippen LogP contribution in [0.4, 0.5) is 22.7 Å². The Morgan fingerprint density at radius 2 is 1.18 bits per heavy atom. The molecule has 5 nitrogen and oxygen atoms in total. The van der Waals surface area contributed by atoms with Crippen molar-refractivity contribution in [1.29, 1.82) is 0 Å². The van der Waals surface area contributed by atoms with Crippen LogP contribution in [0.1, 0.15) is 30.4 Å². The van der Waals surface area contributed by atoms with Crippen molar-refractivity contribution >= 4 is 56.8 Å². The average Bonchev–Trinajstić information content (AvgIpc) is 3.18. The molecule has 5 aromatic carbocycles. The molecule has 0 saturated heterocycles. The van der Waals surface area contributed by atoms with Crippen LogP contribution in [0, 0.1) is 0 Å². The van der Waals surface area contributed by atoms with Gasteiger partial charge in [0.1, 0.15) is 0 Å². The monoisotopic (exact) mass is 748 g/mol. The molecule has 0 bridgehead atoms. The molecule has 1 aliphatic rings. The Morgan fingerprint density at radius 3 is 1.80 bits per heavy atom. The van der Waals surface area contributed by atoms with Crippen LogP contribution in [-0.2, 0) is 0 Å². The van der Waals surface area contributed by atoms with Crippen molar-refractivity contribution in [2.45, 2.75) is 19.3 Å². The number of benzene rings is 5. The van der Waals surface area contributed by atoms with Crippen molar-refractivity contribution < 1.29 is 5.11 Å². The number of aliphatic hydroxyl groups excluding tert-OH is 1. The van der Waals surface area contributed by atoms with Gasteiger partial charge in [-0.1, -0.05) is 72.3 Å². The first kappa shape index (κ1) is 39.1. The van der Waals surface area contributed by atoms with E-state index < -0.39 is 0 Å². The Bertz CT molecular complexity index is 2310. The van der Waals surface area contributed by atoms with E-state index >= 15 is 0 Å². The second-order valence-corrected chi connectivity index (χ2v) is 15.4. The fraction of sp³-hybridized carbons (Fsp3) is 0.224. The maximum atomic E-state index is 10.0. The van der Waals surface area contributed by atoms with Crippen molar-refractivity contribution in [2.24, 2.45) is 0 Å². The van der Waals surface area contributed by atoms with Crippen LogP contribution in [0.3, 0.4) is 0 Å². The van der Waals surface area contributed by atoms with Gasteiger partial charge in [0.2, 0.25) is 0 Å². The predicted octanol–water partition coefficient (Wildman–Crippen LogP) is 12.2. The van der Waals surface area contributed by atoms with E-state index in [1.165, 1.54) is 33.3 Å². The molecule has 0 aromatic heterocycles. The molecule has 1 aliphatic carbocycles. The molecule has 282 valence electrons. The maximum absolute atomic E-state index is 10.0. The van der Waals surface area contributed by atoms with E-state index in [9.17, 15) is 5.11 Å². The number of nitrogens with zero attached hydrogens (tertiary/aromatic N) is 4. The number of allylic oxidation sites excluding steroid dienone is 8. The minimum Gasteiger partial charge on any atom is -0.516 e. The van der Waals surface area contributed by atoms with Crippen molar-refractivity contribution in [3.63, 3.8) is 0 Å². The Hall–Kier alpha value is -5.65. The van der Waals surface area contributed by atoms with Gasteiger partial charge < -0.3 is 24.7 Å². The van der Waals surface area contributed by atoms with Crippen LogP contribution in [0.5, 0.6) is 0 Å². The van der Waals surface area contributed by atoms with E-state index in [0.29, 0.717) is 0 Å². The Morgan fingerprint density at radius 1 is 0.600 bits per heavy atom. The average molecular weight is 749 g/mol. The van der Waals surface area contributed by atoms with Gasteiger partial charge in [0.15, 0.2) is 0 Å². The summed E-state index contributed by atoms with van der Waals surface area (Å²) in [6.07, 6.45) is 14.3. The highest BCUT2D eigenvalue weighted by Gasteiger charge is 2.16. The number of hydrogen-bond acceptors (Lipinski definition) is 5. The minimum absolute atomic E-state index is 0.795. The molecule has 0 heterocycles. The summed E-state index contributed by atoms with van der Waals surface area (Å²) < 4.78 is 0. The lowest BCUT2D eigenvalue weighted by Gasteiger charge is -2.19. The number of rotatable bonds is 11. The topological polar surface area (TPSA) is 33.2 Å². The number of fused-ring (bicyclic) bond motifs is 1. The number of aliphatic hydroxyl groups is 1. The molecule has 0 amide bonds. The van der Waals surface area contributed by atoms with Gasteiger partial charge in [-0.2, -0.15) is 0 Å². The normalized spacial score (nSPS) is 14.4.